The fourth-order valence-corrected chi connectivity index (χ4v) is 9.42. The van der Waals surface area contributed by atoms with Gasteiger partial charge in [0.25, 0.3) is 0 Å². The van der Waals surface area contributed by atoms with Crippen LogP contribution in [0.5, 0.6) is 0 Å². The molecule has 4 aliphatic rings. The minimum absolute atomic E-state index is 0.00749. The number of hydrogen-bond acceptors (Lipinski definition) is 14. The van der Waals surface area contributed by atoms with Crippen LogP contribution in [0.2, 0.25) is 10.0 Å². The fourth-order valence-electron chi connectivity index (χ4n) is 8.90. The Bertz CT molecular complexity index is 2190. The van der Waals surface area contributed by atoms with Crippen molar-refractivity contribution in [2.45, 2.75) is 168 Å². The second kappa shape index (κ2) is 16.9. The molecule has 0 radical (unpaired) electrons. The summed E-state index contributed by atoms with van der Waals surface area (Å²) in [4.78, 5) is 85.6. The molecule has 6 atom stereocenters. The Morgan fingerprint density at radius 1 is 0.545 bits per heavy atom. The van der Waals surface area contributed by atoms with Crippen LogP contribution in [0.1, 0.15) is 121 Å². The number of nitrogens with zero attached hydrogens (tertiary/aromatic N) is 4. The molecule has 6 rings (SSSR count). The van der Waals surface area contributed by atoms with Crippen LogP contribution in [0.3, 0.4) is 0 Å². The van der Waals surface area contributed by atoms with Crippen molar-refractivity contribution in [2.24, 2.45) is 0 Å². The van der Waals surface area contributed by atoms with Gasteiger partial charge in [-0.05, 0) is 107 Å². The molecule has 4 aliphatic heterocycles. The smallest absolute Gasteiger partial charge is 0.416 e. The average Bonchev–Trinajstić information content (AvgIpc) is 3.74. The standard InChI is InChI=1S/C46H60Cl2N4O14/c1-23(53)61-21-25-19-45(59)29-15-27(31(47)17-33(29)51(39(57)65-43(9,10)11)35(45)49(25)37(55)63-41(3,4)5)28-16-30-34(18-32(28)48)52(40(58)66-44(12,13)14)36-46(30,60)20-26(22-62-24(2)54)50(36)38(56)64-42(6,7)8/h15-18,25-26,35-36,59-60H,19-22H2,1-14H3/t25-,26-,35+,36+,45+,46+/m0/s1. The van der Waals surface area contributed by atoms with Gasteiger partial charge in [-0.3, -0.25) is 29.2 Å². The lowest BCUT2D eigenvalue weighted by molar-refractivity contribution is -0.143. The molecular weight excluding hydrogens is 903 g/mol. The normalized spacial score (nSPS) is 24.6. The van der Waals surface area contributed by atoms with Crippen LogP contribution < -0.4 is 9.80 Å². The first-order valence-electron chi connectivity index (χ1n) is 21.5. The number of carbonyl (C=O) groups is 6. The van der Waals surface area contributed by atoms with Gasteiger partial charge in [0.15, 0.2) is 12.3 Å². The molecule has 66 heavy (non-hydrogen) atoms. The number of benzene rings is 2. The van der Waals surface area contributed by atoms with E-state index in [0.29, 0.717) is 0 Å². The molecule has 0 saturated carbocycles. The molecule has 4 amide bonds. The molecule has 2 aromatic carbocycles. The number of esters is 2. The summed E-state index contributed by atoms with van der Waals surface area (Å²) in [6.45, 7) is 21.5. The molecule has 2 N–H and O–H groups in total. The Hall–Kier alpha value is -5.04. The molecule has 0 aromatic heterocycles. The fraction of sp³-hybridized carbons (Fsp3) is 0.609. The lowest BCUT2D eigenvalue weighted by atomic mass is 9.86. The van der Waals surface area contributed by atoms with Gasteiger partial charge >= 0.3 is 36.3 Å². The minimum Gasteiger partial charge on any atom is -0.464 e. The first-order chi connectivity index (χ1) is 30.1. The van der Waals surface area contributed by atoms with Gasteiger partial charge in [-0.2, -0.15) is 0 Å². The van der Waals surface area contributed by atoms with Crippen molar-refractivity contribution in [2.75, 3.05) is 23.0 Å². The molecule has 0 aliphatic carbocycles. The summed E-state index contributed by atoms with van der Waals surface area (Å²) in [6, 6.07) is 3.86. The maximum atomic E-state index is 14.3. The second-order valence-corrected chi connectivity index (χ2v) is 21.9. The molecule has 0 bridgehead atoms. The average molecular weight is 964 g/mol. The first kappa shape index (κ1) is 50.4. The number of amides is 4. The van der Waals surface area contributed by atoms with Gasteiger partial charge in [0.05, 0.1) is 33.5 Å². The van der Waals surface area contributed by atoms with Crippen LogP contribution >= 0.6 is 23.2 Å². The Balaban J connectivity index is 1.56. The number of ether oxygens (including phenoxy) is 6. The zero-order chi connectivity index (χ0) is 49.6. The molecule has 2 aromatic rings. The Labute approximate surface area is 394 Å². The van der Waals surface area contributed by atoms with Crippen LogP contribution in [0.25, 0.3) is 11.1 Å². The summed E-state index contributed by atoms with van der Waals surface area (Å²) in [5.41, 5.74) is -7.39. The van der Waals surface area contributed by atoms with E-state index >= 15 is 0 Å². The number of likely N-dealkylation sites (tertiary alicyclic amines) is 2. The lowest BCUT2D eigenvalue weighted by Gasteiger charge is -2.37. The molecule has 4 heterocycles. The largest absolute Gasteiger partial charge is 0.464 e. The minimum atomic E-state index is -2.06. The number of anilines is 2. The van der Waals surface area contributed by atoms with Crippen molar-refractivity contribution < 1.29 is 67.4 Å². The number of fused-ring (bicyclic) bond motifs is 6. The van der Waals surface area contributed by atoms with Gasteiger partial charge in [-0.25, -0.2) is 19.2 Å². The maximum absolute atomic E-state index is 14.3. The van der Waals surface area contributed by atoms with Crippen molar-refractivity contribution in [3.05, 3.63) is 45.4 Å². The third-order valence-corrected chi connectivity index (χ3v) is 11.6. The molecule has 0 unspecified atom stereocenters. The van der Waals surface area contributed by atoms with Gasteiger partial charge in [0, 0.05) is 48.9 Å². The SMILES string of the molecule is CC(=O)OC[C@@H]1C[C@@]2(O)c3cc(-c4cc5c(cc4Cl)N(C(=O)OC(C)(C)C)[C@H]4N(C(=O)OC(C)(C)C)[C@H](COC(C)=O)C[C@@]54O)c(Cl)cc3N(C(=O)OC(C)(C)C)[C@H]2N1C(=O)OC(C)(C)C. The van der Waals surface area contributed by atoms with Crippen molar-refractivity contribution in [3.63, 3.8) is 0 Å². The van der Waals surface area contributed by atoms with E-state index in [1.807, 2.05) is 0 Å². The third kappa shape index (κ3) is 9.69. The zero-order valence-electron chi connectivity index (χ0n) is 39.8. The van der Waals surface area contributed by atoms with Crippen molar-refractivity contribution in [1.82, 2.24) is 9.80 Å². The maximum Gasteiger partial charge on any atom is 0.416 e. The van der Waals surface area contributed by atoms with Gasteiger partial charge in [0.2, 0.25) is 0 Å². The van der Waals surface area contributed by atoms with E-state index in [1.165, 1.54) is 38.1 Å². The lowest BCUT2D eigenvalue weighted by Crippen LogP contribution is -2.57. The molecule has 362 valence electrons. The van der Waals surface area contributed by atoms with Crippen LogP contribution in [0, 0.1) is 0 Å². The molecule has 20 heteroatoms. The van der Waals surface area contributed by atoms with Crippen LogP contribution in [0.15, 0.2) is 24.3 Å². The molecule has 2 fully saturated rings. The summed E-state index contributed by atoms with van der Waals surface area (Å²) >= 11 is 14.3. The van der Waals surface area contributed by atoms with Crippen LogP contribution in [0.4, 0.5) is 30.6 Å². The van der Waals surface area contributed by atoms with Gasteiger partial charge in [0.1, 0.15) is 46.8 Å². The Kier molecular flexibility index (Phi) is 12.9. The summed E-state index contributed by atoms with van der Waals surface area (Å²) in [7, 11) is 0. The highest BCUT2D eigenvalue weighted by Gasteiger charge is 2.66. The molecule has 2 saturated heterocycles. The predicted octanol–water partition coefficient (Wildman–Crippen LogP) is 8.34. The van der Waals surface area contributed by atoms with Crippen molar-refractivity contribution >= 4 is 70.9 Å². The summed E-state index contributed by atoms with van der Waals surface area (Å²) in [5, 5.41) is 26.0. The van der Waals surface area contributed by atoms with Gasteiger partial charge < -0.3 is 38.6 Å². The summed E-state index contributed by atoms with van der Waals surface area (Å²) in [6.07, 6.45) is -7.14. The number of aliphatic hydroxyl groups is 2. The topological polar surface area (TPSA) is 211 Å². The Morgan fingerprint density at radius 3 is 1.11 bits per heavy atom. The third-order valence-electron chi connectivity index (χ3n) is 11.0. The second-order valence-electron chi connectivity index (χ2n) is 21.1. The number of halogens is 2. The number of rotatable bonds is 5. The highest BCUT2D eigenvalue weighted by atomic mass is 35.5. The highest BCUT2D eigenvalue weighted by molar-refractivity contribution is 6.37. The van der Waals surface area contributed by atoms with E-state index in [2.05, 4.69) is 0 Å². The molecule has 0 spiro atoms. The number of carbonyl (C=O) groups excluding carboxylic acids is 6. The van der Waals surface area contributed by atoms with E-state index in [1.54, 1.807) is 83.1 Å². The van der Waals surface area contributed by atoms with Crippen LogP contribution in [-0.2, 0) is 49.2 Å². The quantitative estimate of drug-likeness (QED) is 0.213. The summed E-state index contributed by atoms with van der Waals surface area (Å²) < 4.78 is 34.0. The van der Waals surface area contributed by atoms with E-state index in [0.717, 1.165) is 19.6 Å². The van der Waals surface area contributed by atoms with E-state index < -0.39 is 94.3 Å². The Morgan fingerprint density at radius 2 is 0.833 bits per heavy atom. The van der Waals surface area contributed by atoms with Crippen LogP contribution in [-0.4, -0.2) is 116 Å². The number of hydrogen-bond donors (Lipinski definition) is 2. The summed E-state index contributed by atoms with van der Waals surface area (Å²) in [5.74, 6) is -1.28. The van der Waals surface area contributed by atoms with Gasteiger partial charge in [-0.1, -0.05) is 23.2 Å². The predicted molar refractivity (Wildman–Crippen MR) is 241 cm³/mol. The van der Waals surface area contributed by atoms with E-state index in [4.69, 9.17) is 51.6 Å². The van der Waals surface area contributed by atoms with Crippen molar-refractivity contribution in [3.8, 4) is 11.1 Å². The molecule has 18 nitrogen and oxygen atoms in total. The van der Waals surface area contributed by atoms with E-state index in [9.17, 15) is 39.0 Å². The zero-order valence-corrected chi connectivity index (χ0v) is 41.3. The van der Waals surface area contributed by atoms with Crippen molar-refractivity contribution in [1.29, 1.82) is 0 Å². The van der Waals surface area contributed by atoms with E-state index in [-0.39, 0.29) is 69.7 Å². The monoisotopic (exact) mass is 962 g/mol. The first-order valence-corrected chi connectivity index (χ1v) is 22.3. The molecular formula is C46H60Cl2N4O14. The van der Waals surface area contributed by atoms with Gasteiger partial charge in [-0.15, -0.1) is 0 Å². The highest BCUT2D eigenvalue weighted by Crippen LogP contribution is 2.58.